The number of aromatic nitrogens is 4. The minimum atomic E-state index is 0.741. The Morgan fingerprint density at radius 3 is 2.97 bits per heavy atom. The molecule has 0 saturated heterocycles. The van der Waals surface area contributed by atoms with E-state index in [-0.39, 0.29) is 0 Å². The van der Waals surface area contributed by atoms with E-state index in [0.29, 0.717) is 0 Å². The molecule has 1 aliphatic carbocycles. The molecule has 0 atom stereocenters. The molecule has 4 aromatic heterocycles. The summed E-state index contributed by atoms with van der Waals surface area (Å²) < 4.78 is 0. The summed E-state index contributed by atoms with van der Waals surface area (Å²) in [6, 6.07) is 12.4. The highest BCUT2D eigenvalue weighted by Gasteiger charge is 2.22. The predicted octanol–water partition coefficient (Wildman–Crippen LogP) is 5.38. The Morgan fingerprint density at radius 1 is 1.07 bits per heavy atom. The largest absolute Gasteiger partial charge is 0.369 e. The number of H-pyrrole nitrogens is 1. The van der Waals surface area contributed by atoms with E-state index in [4.69, 9.17) is 9.97 Å². The fourth-order valence-corrected chi connectivity index (χ4v) is 5.66. The van der Waals surface area contributed by atoms with Gasteiger partial charge in [0.15, 0.2) is 5.82 Å². The highest BCUT2D eigenvalue weighted by Crippen LogP contribution is 2.40. The Kier molecular flexibility index (Phi) is 4.23. The minimum Gasteiger partial charge on any atom is -0.369 e. The summed E-state index contributed by atoms with van der Waals surface area (Å²) >= 11 is 1.83. The van der Waals surface area contributed by atoms with Crippen LogP contribution in [0.15, 0.2) is 55.0 Å². The van der Waals surface area contributed by atoms with Gasteiger partial charge in [0.25, 0.3) is 0 Å². The van der Waals surface area contributed by atoms with E-state index in [2.05, 4.69) is 45.7 Å². The van der Waals surface area contributed by atoms with Gasteiger partial charge in [-0.1, -0.05) is 18.2 Å². The van der Waals surface area contributed by atoms with Gasteiger partial charge >= 0.3 is 0 Å². The molecule has 0 bridgehead atoms. The van der Waals surface area contributed by atoms with E-state index in [9.17, 15) is 0 Å². The molecule has 0 radical (unpaired) electrons. The topological polar surface area (TPSA) is 66.5 Å². The Bertz CT molecular complexity index is 1350. The average Bonchev–Trinajstić information content (AvgIpc) is 3.49. The molecule has 0 fully saturated rings. The lowest BCUT2D eigenvalue weighted by atomic mass is 10.1. The number of aromatic amines is 1. The Balaban J connectivity index is 1.35. The molecule has 6 rings (SSSR count). The lowest BCUT2D eigenvalue weighted by Gasteiger charge is -2.10. The smallest absolute Gasteiger partial charge is 0.164 e. The van der Waals surface area contributed by atoms with Crippen molar-refractivity contribution in [3.05, 3.63) is 71.0 Å². The SMILES string of the molecule is c1cncc(-c2nc(NCCc3c[nH]c4ccccc34)c3c4c(sc3n2)CCC4)c1. The van der Waals surface area contributed by atoms with Crippen LogP contribution in [0, 0.1) is 0 Å². The molecule has 0 aliphatic heterocycles. The summed E-state index contributed by atoms with van der Waals surface area (Å²) in [6.07, 6.45) is 10.2. The fraction of sp³-hybridized carbons (Fsp3) is 0.208. The number of fused-ring (bicyclic) bond motifs is 4. The second-order valence-electron chi connectivity index (χ2n) is 7.71. The molecule has 0 saturated carbocycles. The second-order valence-corrected chi connectivity index (χ2v) is 8.79. The van der Waals surface area contributed by atoms with E-state index in [1.165, 1.54) is 38.7 Å². The summed E-state index contributed by atoms with van der Waals surface area (Å²) in [5.74, 6) is 1.70. The van der Waals surface area contributed by atoms with Gasteiger partial charge in [-0.15, -0.1) is 11.3 Å². The maximum Gasteiger partial charge on any atom is 0.164 e. The van der Waals surface area contributed by atoms with Crippen LogP contribution in [0.2, 0.25) is 0 Å². The summed E-state index contributed by atoms with van der Waals surface area (Å²) in [7, 11) is 0. The van der Waals surface area contributed by atoms with Crippen LogP contribution in [-0.4, -0.2) is 26.5 Å². The number of thiophene rings is 1. The first-order chi connectivity index (χ1) is 14.9. The van der Waals surface area contributed by atoms with Crippen LogP contribution in [-0.2, 0) is 19.3 Å². The van der Waals surface area contributed by atoms with E-state index >= 15 is 0 Å². The minimum absolute atomic E-state index is 0.741. The predicted molar refractivity (Wildman–Crippen MR) is 123 cm³/mol. The molecule has 0 spiro atoms. The van der Waals surface area contributed by atoms with E-state index < -0.39 is 0 Å². The molecule has 1 aliphatic rings. The number of anilines is 1. The van der Waals surface area contributed by atoms with Crippen LogP contribution < -0.4 is 5.32 Å². The van der Waals surface area contributed by atoms with Crippen LogP contribution >= 0.6 is 11.3 Å². The number of pyridine rings is 1. The summed E-state index contributed by atoms with van der Waals surface area (Å²) in [5, 5.41) is 6.15. The highest BCUT2D eigenvalue weighted by atomic mass is 32.1. The summed E-state index contributed by atoms with van der Waals surface area (Å²) in [5.41, 5.74) is 4.91. The number of benzene rings is 1. The van der Waals surface area contributed by atoms with E-state index in [0.717, 1.165) is 47.8 Å². The Hall–Kier alpha value is -3.25. The van der Waals surface area contributed by atoms with Crippen molar-refractivity contribution in [3.63, 3.8) is 0 Å². The molecule has 0 amide bonds. The Morgan fingerprint density at radius 2 is 2.03 bits per heavy atom. The maximum atomic E-state index is 4.94. The first-order valence-electron chi connectivity index (χ1n) is 10.4. The quantitative estimate of drug-likeness (QED) is 0.408. The van der Waals surface area contributed by atoms with Gasteiger partial charge in [-0.05, 0) is 55.0 Å². The molecule has 30 heavy (non-hydrogen) atoms. The first kappa shape index (κ1) is 17.6. The molecule has 5 nitrogen and oxygen atoms in total. The molecule has 0 unspecified atom stereocenters. The first-order valence-corrected chi connectivity index (χ1v) is 11.2. The van der Waals surface area contributed by atoms with Crippen molar-refractivity contribution in [1.82, 2.24) is 19.9 Å². The second kappa shape index (κ2) is 7.22. The maximum absolute atomic E-state index is 4.94. The van der Waals surface area contributed by atoms with Gasteiger partial charge in [0.05, 0.1) is 5.39 Å². The lowest BCUT2D eigenvalue weighted by molar-refractivity contribution is 0.917. The third-order valence-corrected chi connectivity index (χ3v) is 7.03. The van der Waals surface area contributed by atoms with Crippen LogP contribution in [0.25, 0.3) is 32.5 Å². The normalized spacial score (nSPS) is 13.2. The zero-order valence-electron chi connectivity index (χ0n) is 16.5. The van der Waals surface area contributed by atoms with Crippen LogP contribution in [0.5, 0.6) is 0 Å². The Labute approximate surface area is 178 Å². The standard InChI is InChI=1S/C24H21N5S/c1-2-8-19-17(6-1)15(14-27-19)10-12-26-23-21-18-7-3-9-20(18)30-24(21)29-22(28-23)16-5-4-11-25-13-16/h1-2,4-6,8,11,13-14,27H,3,7,9-10,12H2,(H,26,28,29). The van der Waals surface area contributed by atoms with Crippen molar-refractivity contribution >= 4 is 38.3 Å². The molecular weight excluding hydrogens is 390 g/mol. The number of nitrogens with one attached hydrogen (secondary N) is 2. The van der Waals surface area contributed by atoms with E-state index in [1.807, 2.05) is 29.7 Å². The number of nitrogens with zero attached hydrogens (tertiary/aromatic N) is 3. The van der Waals surface area contributed by atoms with Crippen molar-refractivity contribution in [1.29, 1.82) is 0 Å². The van der Waals surface area contributed by atoms with Crippen molar-refractivity contribution < 1.29 is 0 Å². The van der Waals surface area contributed by atoms with Crippen LogP contribution in [0.3, 0.4) is 0 Å². The number of rotatable bonds is 5. The third-order valence-electron chi connectivity index (χ3n) is 5.85. The number of aryl methyl sites for hydroxylation is 2. The van der Waals surface area contributed by atoms with Gasteiger partial charge in [0.1, 0.15) is 10.6 Å². The van der Waals surface area contributed by atoms with Gasteiger partial charge in [0, 0.05) is 46.5 Å². The number of hydrogen-bond acceptors (Lipinski definition) is 5. The lowest BCUT2D eigenvalue weighted by Crippen LogP contribution is -2.08. The molecule has 5 aromatic rings. The summed E-state index contributed by atoms with van der Waals surface area (Å²) in [6.45, 7) is 0.824. The van der Waals surface area contributed by atoms with Gasteiger partial charge in [-0.25, -0.2) is 9.97 Å². The van der Waals surface area contributed by atoms with Crippen molar-refractivity contribution in [2.24, 2.45) is 0 Å². The third kappa shape index (κ3) is 2.95. The molecular formula is C24H21N5S. The molecule has 1 aromatic carbocycles. The molecule has 2 N–H and O–H groups in total. The van der Waals surface area contributed by atoms with Gasteiger partial charge in [-0.3, -0.25) is 4.98 Å². The number of hydrogen-bond donors (Lipinski definition) is 2. The van der Waals surface area contributed by atoms with Crippen molar-refractivity contribution in [2.45, 2.75) is 25.7 Å². The monoisotopic (exact) mass is 411 g/mol. The zero-order chi connectivity index (χ0) is 19.9. The average molecular weight is 412 g/mol. The highest BCUT2D eigenvalue weighted by molar-refractivity contribution is 7.19. The van der Waals surface area contributed by atoms with Crippen molar-refractivity contribution in [2.75, 3.05) is 11.9 Å². The molecule has 4 heterocycles. The molecule has 148 valence electrons. The van der Waals surface area contributed by atoms with Gasteiger partial charge in [-0.2, -0.15) is 0 Å². The van der Waals surface area contributed by atoms with Gasteiger partial charge < -0.3 is 10.3 Å². The number of para-hydroxylation sites is 1. The van der Waals surface area contributed by atoms with Crippen LogP contribution in [0.1, 0.15) is 22.4 Å². The molecule has 6 heteroatoms. The van der Waals surface area contributed by atoms with Gasteiger partial charge in [0.2, 0.25) is 0 Å². The van der Waals surface area contributed by atoms with E-state index in [1.54, 1.807) is 6.20 Å². The van der Waals surface area contributed by atoms with Crippen molar-refractivity contribution in [3.8, 4) is 11.4 Å². The zero-order valence-corrected chi connectivity index (χ0v) is 17.3. The fourth-order valence-electron chi connectivity index (χ4n) is 4.40. The van der Waals surface area contributed by atoms with Crippen LogP contribution in [0.4, 0.5) is 5.82 Å². The summed E-state index contributed by atoms with van der Waals surface area (Å²) in [4.78, 5) is 20.0.